The molecule has 1 aromatic rings. The molecule has 0 bridgehead atoms. The third-order valence-electron chi connectivity index (χ3n) is 2.92. The standard InChI is InChI=1S/C13H15NO4S2/c15-7-1-4-11-5-6-12(19-11)13(16)14-10-3-2-8-20(17,18)9-10/h5-6,10,15H,2-3,7-9H2,(H,14,16). The fourth-order valence-electron chi connectivity index (χ4n) is 2.05. The lowest BCUT2D eigenvalue weighted by atomic mass is 10.2. The first-order chi connectivity index (χ1) is 9.50. The van der Waals surface area contributed by atoms with Crippen molar-refractivity contribution in [1.82, 2.24) is 5.32 Å². The first-order valence-corrected chi connectivity index (χ1v) is 8.85. The molecule has 1 unspecified atom stereocenters. The summed E-state index contributed by atoms with van der Waals surface area (Å²) in [5.41, 5.74) is 0. The second-order valence-electron chi connectivity index (χ2n) is 4.55. The predicted octanol–water partition coefficient (Wildman–Crippen LogP) is 0.399. The lowest BCUT2D eigenvalue weighted by Gasteiger charge is -2.22. The van der Waals surface area contributed by atoms with Crippen molar-refractivity contribution in [2.45, 2.75) is 18.9 Å². The minimum absolute atomic E-state index is 0.0152. The third kappa shape index (κ3) is 4.07. The predicted molar refractivity (Wildman–Crippen MR) is 77.4 cm³/mol. The Bertz CT molecular complexity index is 651. The van der Waals surface area contributed by atoms with Crippen molar-refractivity contribution in [2.24, 2.45) is 0 Å². The molecular formula is C13H15NO4S2. The van der Waals surface area contributed by atoms with Gasteiger partial charge in [-0.15, -0.1) is 11.3 Å². The number of aliphatic hydroxyl groups excluding tert-OH is 1. The van der Waals surface area contributed by atoms with Crippen LogP contribution in [0.3, 0.4) is 0 Å². The van der Waals surface area contributed by atoms with Crippen LogP contribution in [0.15, 0.2) is 12.1 Å². The Kier molecular flexibility index (Phi) is 4.81. The van der Waals surface area contributed by atoms with E-state index in [-0.39, 0.29) is 30.1 Å². The number of nitrogens with one attached hydrogen (secondary N) is 1. The van der Waals surface area contributed by atoms with Crippen molar-refractivity contribution >= 4 is 27.1 Å². The zero-order valence-electron chi connectivity index (χ0n) is 10.8. The number of amides is 1. The Labute approximate surface area is 121 Å². The highest BCUT2D eigenvalue weighted by molar-refractivity contribution is 7.91. The van der Waals surface area contributed by atoms with Gasteiger partial charge in [-0.2, -0.15) is 0 Å². The number of thiophene rings is 1. The van der Waals surface area contributed by atoms with E-state index in [2.05, 4.69) is 17.2 Å². The number of sulfone groups is 1. The Morgan fingerprint density at radius 1 is 1.50 bits per heavy atom. The van der Waals surface area contributed by atoms with Gasteiger partial charge in [0.25, 0.3) is 5.91 Å². The van der Waals surface area contributed by atoms with Crippen LogP contribution < -0.4 is 5.32 Å². The van der Waals surface area contributed by atoms with E-state index in [0.29, 0.717) is 22.6 Å². The van der Waals surface area contributed by atoms with Gasteiger partial charge in [-0.05, 0) is 25.0 Å². The Hall–Kier alpha value is -1.36. The normalized spacial score (nSPS) is 20.8. The second-order valence-corrected chi connectivity index (χ2v) is 7.86. The summed E-state index contributed by atoms with van der Waals surface area (Å²) in [6.07, 6.45) is 1.28. The monoisotopic (exact) mass is 313 g/mol. The highest BCUT2D eigenvalue weighted by atomic mass is 32.2. The zero-order chi connectivity index (χ0) is 14.6. The van der Waals surface area contributed by atoms with Gasteiger partial charge in [0.05, 0.1) is 21.3 Å². The van der Waals surface area contributed by atoms with Crippen molar-refractivity contribution < 1.29 is 18.3 Å². The van der Waals surface area contributed by atoms with E-state index in [1.807, 2.05) is 0 Å². The van der Waals surface area contributed by atoms with Crippen LogP contribution in [0.5, 0.6) is 0 Å². The number of hydrogen-bond acceptors (Lipinski definition) is 5. The maximum absolute atomic E-state index is 12.0. The molecule has 20 heavy (non-hydrogen) atoms. The Morgan fingerprint density at radius 2 is 2.30 bits per heavy atom. The van der Waals surface area contributed by atoms with Gasteiger partial charge in [-0.1, -0.05) is 11.8 Å². The summed E-state index contributed by atoms with van der Waals surface area (Å²) in [6.45, 7) is -0.223. The van der Waals surface area contributed by atoms with Gasteiger partial charge < -0.3 is 10.4 Å². The topological polar surface area (TPSA) is 83.5 Å². The molecule has 0 aromatic carbocycles. The average molecular weight is 313 g/mol. The van der Waals surface area contributed by atoms with Crippen LogP contribution in [0.2, 0.25) is 0 Å². The van der Waals surface area contributed by atoms with E-state index in [1.165, 1.54) is 11.3 Å². The molecule has 1 saturated heterocycles. The van der Waals surface area contributed by atoms with Gasteiger partial charge in [-0.3, -0.25) is 4.79 Å². The molecule has 2 N–H and O–H groups in total. The summed E-state index contributed by atoms with van der Waals surface area (Å²) in [5.74, 6) is 5.20. The summed E-state index contributed by atoms with van der Waals surface area (Å²) in [7, 11) is -3.03. The average Bonchev–Trinajstić information content (AvgIpc) is 2.84. The molecule has 1 aliphatic heterocycles. The lowest BCUT2D eigenvalue weighted by Crippen LogP contribution is -2.42. The maximum Gasteiger partial charge on any atom is 0.261 e. The van der Waals surface area contributed by atoms with Crippen molar-refractivity contribution in [1.29, 1.82) is 0 Å². The zero-order valence-corrected chi connectivity index (χ0v) is 12.4. The molecule has 108 valence electrons. The van der Waals surface area contributed by atoms with E-state index >= 15 is 0 Å². The molecule has 0 spiro atoms. The Balaban J connectivity index is 1.99. The van der Waals surface area contributed by atoms with Crippen LogP contribution in [-0.4, -0.2) is 43.6 Å². The van der Waals surface area contributed by atoms with Crippen molar-refractivity contribution in [3.8, 4) is 11.8 Å². The molecule has 7 heteroatoms. The molecule has 1 fully saturated rings. The molecule has 1 aliphatic rings. The lowest BCUT2D eigenvalue weighted by molar-refractivity contribution is 0.0942. The minimum atomic E-state index is -3.03. The van der Waals surface area contributed by atoms with E-state index in [0.717, 1.165) is 0 Å². The number of carbonyl (C=O) groups is 1. The van der Waals surface area contributed by atoms with Gasteiger partial charge >= 0.3 is 0 Å². The SMILES string of the molecule is O=C(NC1CCCS(=O)(=O)C1)c1ccc(C#CCO)s1. The molecule has 5 nitrogen and oxygen atoms in total. The second kappa shape index (κ2) is 6.39. The number of aliphatic hydroxyl groups is 1. The summed E-state index contributed by atoms with van der Waals surface area (Å²) >= 11 is 1.22. The first-order valence-electron chi connectivity index (χ1n) is 6.21. The van der Waals surface area contributed by atoms with Crippen LogP contribution in [0, 0.1) is 11.8 Å². The Morgan fingerprint density at radius 3 is 3.00 bits per heavy atom. The molecule has 0 aliphatic carbocycles. The largest absolute Gasteiger partial charge is 0.384 e. The molecule has 1 atom stereocenters. The van der Waals surface area contributed by atoms with Crippen LogP contribution in [0.1, 0.15) is 27.4 Å². The summed E-state index contributed by atoms with van der Waals surface area (Å²) in [4.78, 5) is 13.2. The van der Waals surface area contributed by atoms with Crippen LogP contribution >= 0.6 is 11.3 Å². The number of rotatable bonds is 2. The van der Waals surface area contributed by atoms with E-state index in [1.54, 1.807) is 12.1 Å². The minimum Gasteiger partial charge on any atom is -0.384 e. The molecular weight excluding hydrogens is 298 g/mol. The summed E-state index contributed by atoms with van der Waals surface area (Å²) < 4.78 is 23.0. The quantitative estimate of drug-likeness (QED) is 0.774. The van der Waals surface area contributed by atoms with E-state index < -0.39 is 9.84 Å². The smallest absolute Gasteiger partial charge is 0.261 e. The van der Waals surface area contributed by atoms with Crippen LogP contribution in [0.25, 0.3) is 0 Å². The summed E-state index contributed by atoms with van der Waals surface area (Å²) in [5, 5.41) is 11.4. The number of carbonyl (C=O) groups excluding carboxylic acids is 1. The fourth-order valence-corrected chi connectivity index (χ4v) is 4.47. The van der Waals surface area contributed by atoms with Crippen molar-refractivity contribution in [3.63, 3.8) is 0 Å². The fraction of sp³-hybridized carbons (Fsp3) is 0.462. The molecule has 2 rings (SSSR count). The van der Waals surface area contributed by atoms with Crippen molar-refractivity contribution in [2.75, 3.05) is 18.1 Å². The van der Waals surface area contributed by atoms with Crippen molar-refractivity contribution in [3.05, 3.63) is 21.9 Å². The summed E-state index contributed by atoms with van der Waals surface area (Å²) in [6, 6.07) is 3.05. The maximum atomic E-state index is 12.0. The van der Waals surface area contributed by atoms with Gasteiger partial charge in [-0.25, -0.2) is 8.42 Å². The molecule has 0 saturated carbocycles. The molecule has 1 aromatic heterocycles. The van der Waals surface area contributed by atoms with Gasteiger partial charge in [0, 0.05) is 6.04 Å². The van der Waals surface area contributed by atoms with Gasteiger partial charge in [0.15, 0.2) is 9.84 Å². The van der Waals surface area contributed by atoms with Gasteiger partial charge in [0.2, 0.25) is 0 Å². The highest BCUT2D eigenvalue weighted by Crippen LogP contribution is 2.17. The van der Waals surface area contributed by atoms with Crippen LogP contribution in [-0.2, 0) is 9.84 Å². The van der Waals surface area contributed by atoms with Gasteiger partial charge in [0.1, 0.15) is 6.61 Å². The van der Waals surface area contributed by atoms with E-state index in [4.69, 9.17) is 5.11 Å². The molecule has 0 radical (unpaired) electrons. The first kappa shape index (κ1) is 15.0. The van der Waals surface area contributed by atoms with Crippen LogP contribution in [0.4, 0.5) is 0 Å². The highest BCUT2D eigenvalue weighted by Gasteiger charge is 2.26. The molecule has 2 heterocycles. The molecule has 1 amide bonds. The number of hydrogen-bond donors (Lipinski definition) is 2. The third-order valence-corrected chi connectivity index (χ3v) is 5.74. The van der Waals surface area contributed by atoms with E-state index in [9.17, 15) is 13.2 Å².